The maximum Gasteiger partial charge on any atom is 0.311 e. The quantitative estimate of drug-likeness (QED) is 0.467. The number of aromatic hydroxyl groups is 1. The van der Waals surface area contributed by atoms with Crippen molar-refractivity contribution in [1.82, 2.24) is 0 Å². The van der Waals surface area contributed by atoms with E-state index < -0.39 is 17.9 Å². The van der Waals surface area contributed by atoms with Gasteiger partial charge in [0.2, 0.25) is 0 Å². The van der Waals surface area contributed by atoms with Crippen LogP contribution in [0.5, 0.6) is 5.75 Å². The molecule has 1 atom stereocenters. The summed E-state index contributed by atoms with van der Waals surface area (Å²) < 4.78 is 9.99. The molecule has 1 aliphatic heterocycles. The van der Waals surface area contributed by atoms with Gasteiger partial charge in [-0.3, -0.25) is 14.6 Å². The molecular weight excluding hydrogens is 348 g/mol. The molecule has 7 nitrogen and oxygen atoms in total. The average molecular weight is 370 g/mol. The van der Waals surface area contributed by atoms with Gasteiger partial charge < -0.3 is 19.9 Å². The van der Waals surface area contributed by atoms with Gasteiger partial charge in [0.1, 0.15) is 5.75 Å². The average Bonchev–Trinajstić information content (AvgIpc) is 3.06. The van der Waals surface area contributed by atoms with E-state index in [4.69, 9.17) is 9.47 Å². The van der Waals surface area contributed by atoms with Gasteiger partial charge in [0.25, 0.3) is 0 Å². The van der Waals surface area contributed by atoms with Crippen LogP contribution < -0.4 is 5.32 Å². The Labute approximate surface area is 157 Å². The molecule has 0 aromatic heterocycles. The van der Waals surface area contributed by atoms with Gasteiger partial charge >= 0.3 is 11.9 Å². The van der Waals surface area contributed by atoms with Crippen molar-refractivity contribution in [2.75, 3.05) is 25.1 Å². The summed E-state index contributed by atoms with van der Waals surface area (Å²) in [6.45, 7) is 4.02. The lowest BCUT2D eigenvalue weighted by Crippen LogP contribution is -2.28. The number of nitrogens with zero attached hydrogens (tertiary/aromatic N) is 1. The Bertz CT molecular complexity index is 907. The van der Waals surface area contributed by atoms with E-state index in [0.29, 0.717) is 11.1 Å². The molecule has 0 saturated heterocycles. The van der Waals surface area contributed by atoms with Crippen LogP contribution in [-0.2, 0) is 19.1 Å². The first kappa shape index (κ1) is 18.7. The molecule has 2 N–H and O–H groups in total. The molecule has 0 radical (unpaired) electrons. The van der Waals surface area contributed by atoms with Crippen LogP contribution in [0.25, 0.3) is 10.8 Å². The molecule has 1 unspecified atom stereocenters. The number of rotatable bonds is 8. The number of carbonyl (C=O) groups is 2. The van der Waals surface area contributed by atoms with E-state index in [1.165, 1.54) is 0 Å². The zero-order valence-corrected chi connectivity index (χ0v) is 15.3. The number of aliphatic imine (C=N–C) groups is 1. The van der Waals surface area contributed by atoms with Gasteiger partial charge in [-0.15, -0.1) is 0 Å². The first-order chi connectivity index (χ1) is 13.0. The van der Waals surface area contributed by atoms with E-state index in [1.807, 2.05) is 18.2 Å². The van der Waals surface area contributed by atoms with Crippen molar-refractivity contribution in [3.63, 3.8) is 0 Å². The molecule has 0 saturated carbocycles. The van der Waals surface area contributed by atoms with Gasteiger partial charge in [-0.1, -0.05) is 12.1 Å². The Morgan fingerprint density at radius 3 is 2.74 bits per heavy atom. The second-order valence-corrected chi connectivity index (χ2v) is 6.16. The minimum Gasteiger partial charge on any atom is -0.505 e. The predicted octanol–water partition coefficient (Wildman–Crippen LogP) is 3.15. The van der Waals surface area contributed by atoms with Crippen LogP contribution in [0.3, 0.4) is 0 Å². The van der Waals surface area contributed by atoms with Crippen molar-refractivity contribution in [1.29, 1.82) is 0 Å². The van der Waals surface area contributed by atoms with Crippen LogP contribution in [-0.4, -0.2) is 43.0 Å². The molecule has 0 amide bonds. The Morgan fingerprint density at radius 2 is 2.00 bits per heavy atom. The van der Waals surface area contributed by atoms with Crippen LogP contribution in [0.2, 0.25) is 0 Å². The smallest absolute Gasteiger partial charge is 0.311 e. The van der Waals surface area contributed by atoms with Gasteiger partial charge in [-0.2, -0.15) is 0 Å². The molecule has 0 spiro atoms. The Hall–Kier alpha value is -3.09. The van der Waals surface area contributed by atoms with Crippen LogP contribution in [0.15, 0.2) is 29.3 Å². The first-order valence-corrected chi connectivity index (χ1v) is 8.94. The molecule has 27 heavy (non-hydrogen) atoms. The number of anilines is 1. The third-order valence-electron chi connectivity index (χ3n) is 4.36. The lowest BCUT2D eigenvalue weighted by molar-refractivity contribution is -0.154. The van der Waals surface area contributed by atoms with Crippen molar-refractivity contribution < 1.29 is 24.2 Å². The Morgan fingerprint density at radius 1 is 1.22 bits per heavy atom. The molecule has 142 valence electrons. The minimum absolute atomic E-state index is 0.0832. The van der Waals surface area contributed by atoms with Crippen LogP contribution in [0, 0.1) is 5.92 Å². The van der Waals surface area contributed by atoms with E-state index in [0.717, 1.165) is 16.6 Å². The number of phenolic OH excluding ortho intramolecular Hbond substituents is 1. The number of hydrogen-bond donors (Lipinski definition) is 2. The van der Waals surface area contributed by atoms with Crippen molar-refractivity contribution >= 4 is 40.3 Å². The second kappa shape index (κ2) is 8.07. The normalized spacial score (nSPS) is 12.8. The van der Waals surface area contributed by atoms with Gasteiger partial charge in [-0.25, -0.2) is 0 Å². The highest BCUT2D eigenvalue weighted by Gasteiger charge is 2.25. The molecule has 2 aromatic rings. The van der Waals surface area contributed by atoms with Crippen molar-refractivity contribution in [2.45, 2.75) is 20.3 Å². The molecule has 1 heterocycles. The summed E-state index contributed by atoms with van der Waals surface area (Å²) in [6.07, 6.45) is 1.65. The van der Waals surface area contributed by atoms with Gasteiger partial charge in [-0.05, 0) is 26.0 Å². The number of benzene rings is 2. The topological polar surface area (TPSA) is 97.2 Å². The summed E-state index contributed by atoms with van der Waals surface area (Å²) >= 11 is 0. The molecule has 2 aromatic carbocycles. The monoisotopic (exact) mass is 370 g/mol. The van der Waals surface area contributed by atoms with Crippen molar-refractivity contribution in [3.05, 3.63) is 29.8 Å². The summed E-state index contributed by atoms with van der Waals surface area (Å²) in [7, 11) is 0. The number of nitrogens with one attached hydrogen (secondary N) is 1. The van der Waals surface area contributed by atoms with Crippen LogP contribution in [0.1, 0.15) is 25.8 Å². The molecule has 3 rings (SSSR count). The van der Waals surface area contributed by atoms with Gasteiger partial charge in [0.15, 0.2) is 0 Å². The van der Waals surface area contributed by atoms with Gasteiger partial charge in [0.05, 0.1) is 36.9 Å². The number of phenols is 1. The molecule has 0 aliphatic carbocycles. The number of esters is 2. The summed E-state index contributed by atoms with van der Waals surface area (Å²) in [4.78, 5) is 28.3. The van der Waals surface area contributed by atoms with Crippen molar-refractivity contribution in [2.24, 2.45) is 10.9 Å². The van der Waals surface area contributed by atoms with Crippen LogP contribution >= 0.6 is 0 Å². The molecule has 0 bridgehead atoms. The summed E-state index contributed by atoms with van der Waals surface area (Å²) in [5.41, 5.74) is 2.18. The molecule has 1 aliphatic rings. The zero-order chi connectivity index (χ0) is 19.4. The Balaban J connectivity index is 1.81. The van der Waals surface area contributed by atoms with E-state index in [2.05, 4.69) is 10.3 Å². The maximum atomic E-state index is 12.2. The molecule has 0 fully saturated rings. The zero-order valence-electron chi connectivity index (χ0n) is 15.3. The fourth-order valence-corrected chi connectivity index (χ4v) is 3.12. The second-order valence-electron chi connectivity index (χ2n) is 6.16. The van der Waals surface area contributed by atoms with E-state index in [-0.39, 0.29) is 31.9 Å². The third kappa shape index (κ3) is 3.86. The highest BCUT2D eigenvalue weighted by atomic mass is 16.5. The fraction of sp³-hybridized carbons (Fsp3) is 0.350. The highest BCUT2D eigenvalue weighted by Crippen LogP contribution is 2.41. The third-order valence-corrected chi connectivity index (χ3v) is 4.36. The predicted molar refractivity (Wildman–Crippen MR) is 103 cm³/mol. The lowest BCUT2D eigenvalue weighted by atomic mass is 10.0. The summed E-state index contributed by atoms with van der Waals surface area (Å²) in [5, 5.41) is 15.3. The summed E-state index contributed by atoms with van der Waals surface area (Å²) in [6, 6.07) is 7.32. The lowest BCUT2D eigenvalue weighted by Gasteiger charge is -2.18. The van der Waals surface area contributed by atoms with E-state index in [1.54, 1.807) is 26.1 Å². The maximum absolute atomic E-state index is 12.2. The summed E-state index contributed by atoms with van der Waals surface area (Å²) in [5.74, 6) is -1.57. The van der Waals surface area contributed by atoms with Gasteiger partial charge in [0, 0.05) is 29.1 Å². The number of hydrogen-bond acceptors (Lipinski definition) is 7. The standard InChI is InChI=1S/C20H22N2O5/c1-3-26-17(23)9-13(20(25)27-4-2)11-22-16-8-12-10-21-15-7-5-6-14(18(12)15)19(16)24/h5-8,10,13,22,24H,3-4,9,11H2,1-2H3. The number of ether oxygens (including phenoxy) is 2. The fourth-order valence-electron chi connectivity index (χ4n) is 3.12. The molecule has 7 heteroatoms. The van der Waals surface area contributed by atoms with Crippen LogP contribution in [0.4, 0.5) is 11.4 Å². The number of carbonyl (C=O) groups excluding carboxylic acids is 2. The molecular formula is C20H22N2O5. The highest BCUT2D eigenvalue weighted by molar-refractivity contribution is 6.14. The Kier molecular flexibility index (Phi) is 5.59. The minimum atomic E-state index is -0.715. The van der Waals surface area contributed by atoms with E-state index in [9.17, 15) is 14.7 Å². The SMILES string of the molecule is CCOC(=O)CC(CNc1cc2c3c(cccc3c1O)N=C2)C(=O)OCC. The first-order valence-electron chi connectivity index (χ1n) is 8.94. The largest absolute Gasteiger partial charge is 0.505 e. The van der Waals surface area contributed by atoms with E-state index >= 15 is 0 Å². The van der Waals surface area contributed by atoms with Crippen molar-refractivity contribution in [3.8, 4) is 5.75 Å².